The van der Waals surface area contributed by atoms with E-state index in [0.717, 1.165) is 5.56 Å². The number of nitrogens with zero attached hydrogens (tertiary/aromatic N) is 4. The maximum atomic E-state index is 12.5. The lowest BCUT2D eigenvalue weighted by Crippen LogP contribution is -2.14. The molecule has 0 aliphatic carbocycles. The number of benzene rings is 2. The van der Waals surface area contributed by atoms with E-state index in [0.29, 0.717) is 27.9 Å². The van der Waals surface area contributed by atoms with Gasteiger partial charge in [-0.05, 0) is 29.8 Å². The van der Waals surface area contributed by atoms with E-state index in [1.807, 2.05) is 24.3 Å². The number of anilines is 1. The molecule has 0 unspecified atom stereocenters. The first-order chi connectivity index (χ1) is 16.9. The van der Waals surface area contributed by atoms with Gasteiger partial charge in [-0.1, -0.05) is 47.6 Å². The zero-order valence-corrected chi connectivity index (χ0v) is 20.3. The largest absolute Gasteiger partial charge is 0.497 e. The Morgan fingerprint density at radius 3 is 2.80 bits per heavy atom. The van der Waals surface area contributed by atoms with Crippen LogP contribution in [0.3, 0.4) is 0 Å². The zero-order valence-electron chi connectivity index (χ0n) is 18.7. The number of methoxy groups -OCH3 is 1. The van der Waals surface area contributed by atoms with Crippen LogP contribution in [0.25, 0.3) is 11.3 Å². The number of carbonyl (C=O) groups is 1. The fraction of sp³-hybridized carbons (Fsp3) is 0.125. The molecule has 2 aromatic carbocycles. The standard InChI is InChI=1S/C24H19ClN6O3S/c1-31-21(25)19(12-27-31)23(33)28-16-7-3-5-14(9-16)13-35-24-29-20(18(11-26)22(32)30-24)15-6-4-8-17(10-15)34-2/h3-10,12H,13H2,1-2H3,(H,28,33)(H,29,30,32). The number of aryl methyl sites for hydroxylation is 1. The highest BCUT2D eigenvalue weighted by atomic mass is 35.5. The molecule has 0 saturated carbocycles. The first kappa shape index (κ1) is 24.1. The monoisotopic (exact) mass is 506 g/mol. The van der Waals surface area contributed by atoms with Gasteiger partial charge in [0.15, 0.2) is 5.16 Å². The van der Waals surface area contributed by atoms with E-state index in [-0.39, 0.29) is 27.9 Å². The SMILES string of the molecule is COc1cccc(-c2nc(SCc3cccc(NC(=O)c4cnn(C)c4Cl)c3)[nH]c(=O)c2C#N)c1. The molecule has 0 atom stereocenters. The van der Waals surface area contributed by atoms with Gasteiger partial charge >= 0.3 is 0 Å². The summed E-state index contributed by atoms with van der Waals surface area (Å²) in [6.45, 7) is 0. The van der Waals surface area contributed by atoms with Crippen LogP contribution in [-0.2, 0) is 12.8 Å². The molecule has 0 aliphatic rings. The fourth-order valence-corrected chi connectivity index (χ4v) is 4.25. The van der Waals surface area contributed by atoms with Gasteiger partial charge in [-0.2, -0.15) is 10.4 Å². The highest BCUT2D eigenvalue weighted by Crippen LogP contribution is 2.27. The second kappa shape index (κ2) is 10.5. The minimum absolute atomic E-state index is 0.0682. The van der Waals surface area contributed by atoms with Gasteiger partial charge in [-0.25, -0.2) is 4.98 Å². The van der Waals surface area contributed by atoms with Crippen LogP contribution >= 0.6 is 23.4 Å². The highest BCUT2D eigenvalue weighted by Gasteiger charge is 2.16. The molecule has 4 aromatic rings. The Labute approximate surface area is 209 Å². The number of ether oxygens (including phenoxy) is 1. The summed E-state index contributed by atoms with van der Waals surface area (Å²) in [5.74, 6) is 0.687. The molecular formula is C24H19ClN6O3S. The van der Waals surface area contributed by atoms with Crippen molar-refractivity contribution in [1.82, 2.24) is 19.7 Å². The quantitative estimate of drug-likeness (QED) is 0.283. The van der Waals surface area contributed by atoms with Crippen molar-refractivity contribution in [2.24, 2.45) is 7.05 Å². The van der Waals surface area contributed by atoms with Crippen LogP contribution in [0.5, 0.6) is 5.75 Å². The summed E-state index contributed by atoms with van der Waals surface area (Å²) in [6.07, 6.45) is 1.41. The number of aromatic nitrogens is 4. The maximum absolute atomic E-state index is 12.5. The minimum atomic E-state index is -0.516. The van der Waals surface area contributed by atoms with E-state index in [2.05, 4.69) is 20.4 Å². The zero-order chi connectivity index (χ0) is 24.9. The van der Waals surface area contributed by atoms with E-state index in [1.165, 1.54) is 22.6 Å². The third-order valence-electron chi connectivity index (χ3n) is 5.02. The van der Waals surface area contributed by atoms with Crippen LogP contribution in [0.15, 0.2) is 64.7 Å². The number of aromatic amines is 1. The number of halogens is 1. The number of hydrogen-bond acceptors (Lipinski definition) is 7. The average Bonchev–Trinajstić information content (AvgIpc) is 3.20. The number of amides is 1. The maximum Gasteiger partial charge on any atom is 0.270 e. The smallest absolute Gasteiger partial charge is 0.270 e. The van der Waals surface area contributed by atoms with Gasteiger partial charge in [0.2, 0.25) is 0 Å². The summed E-state index contributed by atoms with van der Waals surface area (Å²) in [6, 6.07) is 16.2. The second-order valence-corrected chi connectivity index (χ2v) is 8.68. The summed E-state index contributed by atoms with van der Waals surface area (Å²) in [5, 5.41) is 16.9. The Kier molecular flexibility index (Phi) is 7.19. The normalized spacial score (nSPS) is 10.6. The molecule has 2 aromatic heterocycles. The third kappa shape index (κ3) is 5.37. The van der Waals surface area contributed by atoms with Crippen molar-refractivity contribution in [3.05, 3.63) is 86.9 Å². The molecule has 11 heteroatoms. The van der Waals surface area contributed by atoms with Crippen LogP contribution in [0.2, 0.25) is 5.15 Å². The molecule has 0 saturated heterocycles. The van der Waals surface area contributed by atoms with Crippen molar-refractivity contribution < 1.29 is 9.53 Å². The molecule has 0 spiro atoms. The highest BCUT2D eigenvalue weighted by molar-refractivity contribution is 7.98. The third-order valence-corrected chi connectivity index (χ3v) is 6.42. The summed E-state index contributed by atoms with van der Waals surface area (Å²) in [7, 11) is 3.19. The molecule has 4 rings (SSSR count). The summed E-state index contributed by atoms with van der Waals surface area (Å²) >= 11 is 7.40. The lowest BCUT2D eigenvalue weighted by molar-refractivity contribution is 0.102. The van der Waals surface area contributed by atoms with Crippen LogP contribution in [0.1, 0.15) is 21.5 Å². The van der Waals surface area contributed by atoms with Crippen molar-refractivity contribution in [3.8, 4) is 23.1 Å². The first-order valence-corrected chi connectivity index (χ1v) is 11.7. The Hall–Kier alpha value is -4.07. The van der Waals surface area contributed by atoms with Crippen molar-refractivity contribution in [2.45, 2.75) is 10.9 Å². The number of carbonyl (C=O) groups excluding carboxylic acids is 1. The van der Waals surface area contributed by atoms with Crippen molar-refractivity contribution in [3.63, 3.8) is 0 Å². The van der Waals surface area contributed by atoms with Gasteiger partial charge in [0.1, 0.15) is 22.5 Å². The Balaban J connectivity index is 1.53. The van der Waals surface area contributed by atoms with Gasteiger partial charge in [-0.3, -0.25) is 14.3 Å². The molecule has 9 nitrogen and oxygen atoms in total. The summed E-state index contributed by atoms with van der Waals surface area (Å²) < 4.78 is 6.66. The molecule has 35 heavy (non-hydrogen) atoms. The predicted octanol–water partition coefficient (Wildman–Crippen LogP) is 4.25. The lowest BCUT2D eigenvalue weighted by Gasteiger charge is -2.09. The molecule has 2 heterocycles. The Morgan fingerprint density at radius 2 is 2.09 bits per heavy atom. The molecule has 1 amide bonds. The summed E-state index contributed by atoms with van der Waals surface area (Å²) in [5.41, 5.74) is 2.06. The van der Waals surface area contributed by atoms with Crippen molar-refractivity contribution >= 4 is 35.0 Å². The number of nitriles is 1. The Morgan fingerprint density at radius 1 is 1.29 bits per heavy atom. The van der Waals surface area contributed by atoms with Crippen LogP contribution in [0.4, 0.5) is 5.69 Å². The van der Waals surface area contributed by atoms with Crippen molar-refractivity contribution in [2.75, 3.05) is 12.4 Å². The molecule has 0 bridgehead atoms. The van der Waals surface area contributed by atoms with E-state index < -0.39 is 5.56 Å². The minimum Gasteiger partial charge on any atom is -0.497 e. The van der Waals surface area contributed by atoms with E-state index >= 15 is 0 Å². The molecule has 0 fully saturated rings. The number of thioether (sulfide) groups is 1. The average molecular weight is 507 g/mol. The number of rotatable bonds is 7. The van der Waals surface area contributed by atoms with Gasteiger partial charge in [0.25, 0.3) is 11.5 Å². The molecule has 2 N–H and O–H groups in total. The van der Waals surface area contributed by atoms with E-state index in [9.17, 15) is 14.9 Å². The van der Waals surface area contributed by atoms with E-state index in [4.69, 9.17) is 16.3 Å². The van der Waals surface area contributed by atoms with Gasteiger partial charge in [0.05, 0.1) is 24.6 Å². The first-order valence-electron chi connectivity index (χ1n) is 10.3. The number of H-pyrrole nitrogens is 1. The fourth-order valence-electron chi connectivity index (χ4n) is 3.27. The molecule has 0 radical (unpaired) electrons. The van der Waals surface area contributed by atoms with Crippen molar-refractivity contribution in [1.29, 1.82) is 5.26 Å². The van der Waals surface area contributed by atoms with E-state index in [1.54, 1.807) is 44.5 Å². The topological polar surface area (TPSA) is 126 Å². The summed E-state index contributed by atoms with van der Waals surface area (Å²) in [4.78, 5) is 32.2. The van der Waals surface area contributed by atoms with Crippen LogP contribution in [-0.4, -0.2) is 32.8 Å². The van der Waals surface area contributed by atoms with Crippen LogP contribution in [0, 0.1) is 11.3 Å². The number of hydrogen-bond donors (Lipinski definition) is 2. The second-order valence-electron chi connectivity index (χ2n) is 7.35. The van der Waals surface area contributed by atoms with Gasteiger partial charge in [-0.15, -0.1) is 0 Å². The molecule has 176 valence electrons. The van der Waals surface area contributed by atoms with Gasteiger partial charge < -0.3 is 15.0 Å². The molecular weight excluding hydrogens is 488 g/mol. The number of nitrogens with one attached hydrogen (secondary N) is 2. The molecule has 0 aliphatic heterocycles. The van der Waals surface area contributed by atoms with Crippen LogP contribution < -0.4 is 15.6 Å². The predicted molar refractivity (Wildman–Crippen MR) is 134 cm³/mol. The Bertz CT molecular complexity index is 1510. The lowest BCUT2D eigenvalue weighted by atomic mass is 10.1. The van der Waals surface area contributed by atoms with Gasteiger partial charge in [0, 0.05) is 24.1 Å².